The van der Waals surface area contributed by atoms with Gasteiger partial charge in [-0.3, -0.25) is 0 Å². The van der Waals surface area contributed by atoms with E-state index in [2.05, 4.69) is 18.4 Å². The number of hydrogen-bond acceptors (Lipinski definition) is 1. The Balaban J connectivity index is 0.000000810. The van der Waals surface area contributed by atoms with E-state index in [-0.39, 0.29) is 12.4 Å². The first kappa shape index (κ1) is 10.6. The molecule has 0 bridgehead atoms. The van der Waals surface area contributed by atoms with E-state index >= 15 is 0 Å². The first-order chi connectivity index (χ1) is 4.33. The van der Waals surface area contributed by atoms with Crippen molar-refractivity contribution in [2.45, 2.75) is 11.1 Å². The van der Waals surface area contributed by atoms with E-state index in [0.717, 1.165) is 13.0 Å². The van der Waals surface area contributed by atoms with Crippen LogP contribution in [0.1, 0.15) is 6.42 Å². The van der Waals surface area contributed by atoms with Gasteiger partial charge in [0, 0.05) is 0 Å². The summed E-state index contributed by atoms with van der Waals surface area (Å²) in [6, 6.07) is 0. The van der Waals surface area contributed by atoms with Crippen LogP contribution < -0.4 is 5.73 Å². The summed E-state index contributed by atoms with van der Waals surface area (Å²) in [6.45, 7) is 0.800. The third kappa shape index (κ3) is 3.13. The van der Waals surface area contributed by atoms with Crippen LogP contribution in [-0.2, 0) is 0 Å². The molecule has 2 N–H and O–H groups in total. The van der Waals surface area contributed by atoms with Gasteiger partial charge < -0.3 is 0 Å². The molecule has 1 aliphatic heterocycles. The maximum atomic E-state index is 5.40. The van der Waals surface area contributed by atoms with Gasteiger partial charge in [0.2, 0.25) is 0 Å². The molecule has 0 radical (unpaired) electrons. The van der Waals surface area contributed by atoms with Crippen LogP contribution in [0.15, 0.2) is 19.3 Å². The normalized spacial score (nSPS) is 15.0. The molecule has 0 saturated carbocycles. The van der Waals surface area contributed by atoms with Crippen molar-refractivity contribution in [3.8, 4) is 0 Å². The second-order valence-electron chi connectivity index (χ2n) is 2.50. The molecule has 1 heterocycles. The number of hydrogen-bond donors (Lipinski definition) is 1. The Hall–Kier alpha value is 0.600. The number of allylic oxidation sites excluding steroid dienone is 1. The first-order valence-corrected chi connectivity index (χ1v) is 10.5. The summed E-state index contributed by atoms with van der Waals surface area (Å²) in [5.74, 6) is 0. The average molecular weight is 261 g/mol. The summed E-state index contributed by atoms with van der Waals surface area (Å²) in [7, 11) is 0. The van der Waals surface area contributed by atoms with Crippen LogP contribution in [0.2, 0.25) is 4.68 Å². The summed E-state index contributed by atoms with van der Waals surface area (Å²) in [4.78, 5) is 0. The molecule has 0 amide bonds. The van der Waals surface area contributed by atoms with E-state index in [0.29, 0.717) is 0 Å². The first-order valence-electron chi connectivity index (χ1n) is 3.42. The molecule has 0 atom stereocenters. The molecule has 0 aromatic rings. The average Bonchev–Trinajstić information content (AvgIpc) is 2.17. The standard InChI is InChI=1S/C6H9N.CH3.ClH.In/c1-3-6(2)4-5-7;;;/h1-3H,4-5,7H2;1H3;1H;. The molecule has 3 heteroatoms. The molecule has 56 valence electrons. The molecule has 0 unspecified atom stereocenters. The molecule has 1 aliphatic rings. The van der Waals surface area contributed by atoms with Crippen LogP contribution in [0.4, 0.5) is 0 Å². The van der Waals surface area contributed by atoms with E-state index in [4.69, 9.17) is 5.73 Å². The molecule has 0 saturated heterocycles. The minimum atomic E-state index is -1.14. The molecule has 1 nitrogen and oxygen atoms in total. The van der Waals surface area contributed by atoms with Crippen molar-refractivity contribution in [3.63, 3.8) is 0 Å². The van der Waals surface area contributed by atoms with Crippen LogP contribution in [0.3, 0.4) is 0 Å². The summed E-state index contributed by atoms with van der Waals surface area (Å²) in [5.41, 5.74) is 6.89. The number of halogens is 1. The van der Waals surface area contributed by atoms with Crippen molar-refractivity contribution in [3.05, 3.63) is 19.3 Å². The van der Waals surface area contributed by atoms with Gasteiger partial charge in [-0.1, -0.05) is 0 Å². The minimum absolute atomic E-state index is 0. The molecule has 0 aromatic carbocycles. The Kier molecular flexibility index (Phi) is 5.59. The van der Waals surface area contributed by atoms with Gasteiger partial charge in [0.15, 0.2) is 0 Å². The zero-order valence-electron chi connectivity index (χ0n) is 6.21. The van der Waals surface area contributed by atoms with Gasteiger partial charge >= 0.3 is 64.1 Å². The maximum absolute atomic E-state index is 5.40. The molecular weight excluding hydrogens is 248 g/mol. The van der Waals surface area contributed by atoms with Gasteiger partial charge in [0.1, 0.15) is 0 Å². The van der Waals surface area contributed by atoms with Gasteiger partial charge in [0.05, 0.1) is 0 Å². The Labute approximate surface area is 76.3 Å². The van der Waals surface area contributed by atoms with Crippen molar-refractivity contribution < 1.29 is 0 Å². The summed E-state index contributed by atoms with van der Waals surface area (Å²) >= 11 is -1.14. The van der Waals surface area contributed by atoms with Crippen molar-refractivity contribution in [1.29, 1.82) is 0 Å². The van der Waals surface area contributed by atoms with E-state index in [9.17, 15) is 0 Å². The Morgan fingerprint density at radius 3 is 2.70 bits per heavy atom. The predicted molar refractivity (Wildman–Crippen MR) is 49.8 cm³/mol. The Morgan fingerprint density at radius 2 is 2.30 bits per heavy atom. The summed E-state index contributed by atoms with van der Waals surface area (Å²) < 4.78 is 7.27. The molecule has 0 spiro atoms. The van der Waals surface area contributed by atoms with Crippen LogP contribution in [-0.4, -0.2) is 28.0 Å². The van der Waals surface area contributed by atoms with Crippen molar-refractivity contribution >= 4 is 33.8 Å². The van der Waals surface area contributed by atoms with Gasteiger partial charge in [-0.15, -0.1) is 12.4 Å². The van der Waals surface area contributed by atoms with E-state index in [1.165, 1.54) is 5.57 Å². The van der Waals surface area contributed by atoms with Crippen LogP contribution in [0, 0.1) is 0 Å². The van der Waals surface area contributed by atoms with E-state index in [1.54, 1.807) is 0 Å². The second-order valence-corrected chi connectivity index (χ2v) is 9.45. The predicted octanol–water partition coefficient (Wildman–Crippen LogP) is 1.46. The molecule has 0 aliphatic carbocycles. The summed E-state index contributed by atoms with van der Waals surface area (Å²) in [5, 5.41) is 0. The Morgan fingerprint density at radius 1 is 1.60 bits per heavy atom. The SMILES string of the molecule is Cl.[CH3][In]1[CH]=CC(CCN)=[CH]1. The topological polar surface area (TPSA) is 26.0 Å². The third-order valence-corrected chi connectivity index (χ3v) is 6.53. The fraction of sp³-hybridized carbons (Fsp3) is 0.429. The second kappa shape index (κ2) is 5.28. The van der Waals surface area contributed by atoms with Crippen LogP contribution >= 0.6 is 12.4 Å². The zero-order chi connectivity index (χ0) is 6.69. The number of nitrogens with two attached hydrogens (primary N) is 1. The van der Waals surface area contributed by atoms with Crippen LogP contribution in [0.25, 0.3) is 0 Å². The van der Waals surface area contributed by atoms with Crippen molar-refractivity contribution in [2.75, 3.05) is 6.54 Å². The molecule has 0 aromatic heterocycles. The van der Waals surface area contributed by atoms with Gasteiger partial charge in [0.25, 0.3) is 0 Å². The van der Waals surface area contributed by atoms with Crippen LogP contribution in [0.5, 0.6) is 0 Å². The van der Waals surface area contributed by atoms with Crippen molar-refractivity contribution in [2.24, 2.45) is 5.73 Å². The monoisotopic (exact) mass is 261 g/mol. The quantitative estimate of drug-likeness (QED) is 0.800. The Bertz CT molecular complexity index is 154. The summed E-state index contributed by atoms with van der Waals surface area (Å²) in [6.07, 6.45) is 3.34. The fourth-order valence-electron chi connectivity index (χ4n) is 1.06. The van der Waals surface area contributed by atoms with E-state index < -0.39 is 21.4 Å². The van der Waals surface area contributed by atoms with Gasteiger partial charge in [-0.2, -0.15) is 0 Å². The number of rotatable bonds is 2. The molecule has 10 heavy (non-hydrogen) atoms. The molecular formula is C7H13ClInN. The van der Waals surface area contributed by atoms with Gasteiger partial charge in [-0.25, -0.2) is 0 Å². The van der Waals surface area contributed by atoms with Gasteiger partial charge in [-0.05, 0) is 0 Å². The molecule has 1 rings (SSSR count). The third-order valence-electron chi connectivity index (χ3n) is 1.52. The molecule has 0 fully saturated rings. The zero-order valence-corrected chi connectivity index (χ0v) is 10.3. The van der Waals surface area contributed by atoms with E-state index in [1.807, 2.05) is 0 Å². The fourth-order valence-corrected chi connectivity index (χ4v) is 5.67. The van der Waals surface area contributed by atoms with Crippen molar-refractivity contribution in [1.82, 2.24) is 0 Å².